The summed E-state index contributed by atoms with van der Waals surface area (Å²) in [5, 5.41) is 0. The number of esters is 1. The van der Waals surface area contributed by atoms with Gasteiger partial charge in [-0.3, -0.25) is 9.59 Å². The van der Waals surface area contributed by atoms with Gasteiger partial charge in [0.1, 0.15) is 5.78 Å². The number of carbonyl (C=O) groups excluding carboxylic acids is 2. The zero-order chi connectivity index (χ0) is 15.7. The van der Waals surface area contributed by atoms with Gasteiger partial charge in [0.05, 0.1) is 11.5 Å². The van der Waals surface area contributed by atoms with Gasteiger partial charge in [0, 0.05) is 11.8 Å². The van der Waals surface area contributed by atoms with Crippen LogP contribution in [0.3, 0.4) is 0 Å². The van der Waals surface area contributed by atoms with E-state index < -0.39 is 0 Å². The summed E-state index contributed by atoms with van der Waals surface area (Å²) >= 11 is 0. The fraction of sp³-hybridized carbons (Fsp3) is 0.889. The van der Waals surface area contributed by atoms with Gasteiger partial charge < -0.3 is 9.47 Å². The van der Waals surface area contributed by atoms with Gasteiger partial charge in [-0.1, -0.05) is 13.8 Å². The minimum atomic E-state index is -0.365. The van der Waals surface area contributed by atoms with Crippen LogP contribution in [-0.4, -0.2) is 24.6 Å². The van der Waals surface area contributed by atoms with Crippen molar-refractivity contribution in [2.24, 2.45) is 34.5 Å². The first kappa shape index (κ1) is 14.7. The van der Waals surface area contributed by atoms with Crippen molar-refractivity contribution in [1.82, 2.24) is 0 Å². The van der Waals surface area contributed by atoms with Crippen LogP contribution in [0.1, 0.15) is 52.9 Å². The molecule has 122 valence electrons. The molecule has 4 nitrogen and oxygen atoms in total. The number of hydrogen-bond donors (Lipinski definition) is 0. The standard InChI is InChI=1S/C18H26O4/c1-17(2)8-18(17,3)16(20)22-9-21-15-12-5-10-4-11(7-12)14(19)13(15)6-10/h10-13,15H,4-9H2,1-3H3. The topological polar surface area (TPSA) is 52.6 Å². The molecule has 6 atom stereocenters. The van der Waals surface area contributed by atoms with Crippen LogP contribution in [0.4, 0.5) is 0 Å². The molecule has 0 aromatic heterocycles. The third-order valence-electron chi connectivity index (χ3n) is 7.12. The van der Waals surface area contributed by atoms with E-state index in [1.54, 1.807) is 0 Å². The maximum Gasteiger partial charge on any atom is 0.314 e. The number of ether oxygens (including phenoxy) is 2. The molecule has 0 spiro atoms. The van der Waals surface area contributed by atoms with E-state index in [1.807, 2.05) is 6.92 Å². The number of ketones is 1. The summed E-state index contributed by atoms with van der Waals surface area (Å²) in [5.41, 5.74) is -0.334. The van der Waals surface area contributed by atoms with Gasteiger partial charge in [0.15, 0.2) is 6.79 Å². The molecule has 5 aliphatic rings. The largest absolute Gasteiger partial charge is 0.438 e. The molecule has 5 aliphatic carbocycles. The Morgan fingerprint density at radius 2 is 1.91 bits per heavy atom. The summed E-state index contributed by atoms with van der Waals surface area (Å²) in [6, 6.07) is 0. The summed E-state index contributed by atoms with van der Waals surface area (Å²) in [5.74, 6) is 1.80. The van der Waals surface area contributed by atoms with Crippen molar-refractivity contribution in [3.63, 3.8) is 0 Å². The summed E-state index contributed by atoms with van der Waals surface area (Å²) < 4.78 is 11.3. The molecular weight excluding hydrogens is 280 g/mol. The highest BCUT2D eigenvalue weighted by molar-refractivity contribution is 5.86. The summed E-state index contributed by atoms with van der Waals surface area (Å²) in [7, 11) is 0. The van der Waals surface area contributed by atoms with Crippen molar-refractivity contribution in [3.05, 3.63) is 0 Å². The molecule has 0 aliphatic heterocycles. The molecule has 4 heteroatoms. The second-order valence-electron chi connectivity index (χ2n) is 8.85. The first-order chi connectivity index (χ1) is 10.3. The lowest BCUT2D eigenvalue weighted by molar-refractivity contribution is -0.192. The second-order valence-corrected chi connectivity index (χ2v) is 8.85. The highest BCUT2D eigenvalue weighted by Crippen LogP contribution is 2.63. The quantitative estimate of drug-likeness (QED) is 0.592. The van der Waals surface area contributed by atoms with E-state index in [0.717, 1.165) is 31.6 Å². The van der Waals surface area contributed by atoms with Gasteiger partial charge in [-0.2, -0.15) is 0 Å². The lowest BCUT2D eigenvalue weighted by Crippen LogP contribution is -2.55. The number of carbonyl (C=O) groups is 2. The minimum Gasteiger partial charge on any atom is -0.438 e. The number of hydrogen-bond acceptors (Lipinski definition) is 4. The van der Waals surface area contributed by atoms with Crippen LogP contribution >= 0.6 is 0 Å². The molecule has 0 aromatic rings. The Morgan fingerprint density at radius 3 is 2.59 bits per heavy atom. The van der Waals surface area contributed by atoms with E-state index in [0.29, 0.717) is 11.7 Å². The summed E-state index contributed by atoms with van der Waals surface area (Å²) in [6.45, 7) is 6.14. The van der Waals surface area contributed by atoms with Gasteiger partial charge in [0.25, 0.3) is 0 Å². The lowest BCUT2D eigenvalue weighted by Gasteiger charge is -2.52. The van der Waals surface area contributed by atoms with Gasteiger partial charge in [0.2, 0.25) is 0 Å². The lowest BCUT2D eigenvalue weighted by atomic mass is 9.54. The Labute approximate surface area is 131 Å². The Balaban J connectivity index is 1.33. The van der Waals surface area contributed by atoms with Crippen LogP contribution in [0.2, 0.25) is 0 Å². The van der Waals surface area contributed by atoms with Gasteiger partial charge in [-0.15, -0.1) is 0 Å². The van der Waals surface area contributed by atoms with Crippen LogP contribution in [0.5, 0.6) is 0 Å². The van der Waals surface area contributed by atoms with Crippen LogP contribution in [0.25, 0.3) is 0 Å². The minimum absolute atomic E-state index is 0.00475. The molecule has 0 saturated heterocycles. The summed E-state index contributed by atoms with van der Waals surface area (Å²) in [6.07, 6.45) is 5.10. The van der Waals surface area contributed by atoms with Crippen LogP contribution in [0, 0.1) is 34.5 Å². The number of rotatable bonds is 4. The second kappa shape index (κ2) is 4.56. The predicted molar refractivity (Wildman–Crippen MR) is 79.8 cm³/mol. The zero-order valence-electron chi connectivity index (χ0n) is 13.8. The molecular formula is C18H26O4. The first-order valence-electron chi connectivity index (χ1n) is 8.64. The van der Waals surface area contributed by atoms with E-state index in [2.05, 4.69) is 13.8 Å². The van der Waals surface area contributed by atoms with Gasteiger partial charge >= 0.3 is 5.97 Å². The van der Waals surface area contributed by atoms with Crippen LogP contribution in [0.15, 0.2) is 0 Å². The van der Waals surface area contributed by atoms with Crippen molar-refractivity contribution < 1.29 is 19.1 Å². The van der Waals surface area contributed by atoms with Crippen molar-refractivity contribution in [3.8, 4) is 0 Å². The molecule has 5 fully saturated rings. The highest BCUT2D eigenvalue weighted by atomic mass is 16.7. The van der Waals surface area contributed by atoms with Gasteiger partial charge in [-0.05, 0) is 56.3 Å². The van der Waals surface area contributed by atoms with Gasteiger partial charge in [-0.25, -0.2) is 0 Å². The van der Waals surface area contributed by atoms with Crippen LogP contribution < -0.4 is 0 Å². The maximum absolute atomic E-state index is 12.3. The predicted octanol–water partition coefficient (Wildman–Crippen LogP) is 2.94. The zero-order valence-corrected chi connectivity index (χ0v) is 13.8. The third-order valence-corrected chi connectivity index (χ3v) is 7.12. The van der Waals surface area contributed by atoms with Crippen molar-refractivity contribution in [2.75, 3.05) is 6.79 Å². The van der Waals surface area contributed by atoms with E-state index >= 15 is 0 Å². The van der Waals surface area contributed by atoms with E-state index in [9.17, 15) is 9.59 Å². The molecule has 5 rings (SSSR count). The van der Waals surface area contributed by atoms with Crippen LogP contribution in [-0.2, 0) is 19.1 Å². The molecule has 5 saturated carbocycles. The SMILES string of the molecule is CC1(C)CC1(C)C(=O)OCOC1C2CC3CC(C2)C(=O)C1C3. The molecule has 0 aromatic carbocycles. The summed E-state index contributed by atoms with van der Waals surface area (Å²) in [4.78, 5) is 24.5. The molecule has 0 N–H and O–H groups in total. The molecule has 0 radical (unpaired) electrons. The molecule has 4 bridgehead atoms. The fourth-order valence-corrected chi connectivity index (χ4v) is 5.35. The molecule has 0 amide bonds. The van der Waals surface area contributed by atoms with E-state index in [-0.39, 0.29) is 41.5 Å². The number of Topliss-reactive ketones (excluding diaryl/α,β-unsaturated/α-hetero) is 1. The highest BCUT2D eigenvalue weighted by Gasteiger charge is 2.64. The Morgan fingerprint density at radius 1 is 1.18 bits per heavy atom. The fourth-order valence-electron chi connectivity index (χ4n) is 5.35. The Kier molecular flexibility index (Phi) is 3.04. The van der Waals surface area contributed by atoms with Crippen molar-refractivity contribution in [2.45, 2.75) is 59.0 Å². The third kappa shape index (κ3) is 1.99. The average Bonchev–Trinajstić information content (AvgIpc) is 2.98. The van der Waals surface area contributed by atoms with E-state index in [4.69, 9.17) is 9.47 Å². The molecule has 22 heavy (non-hydrogen) atoms. The molecule has 6 unspecified atom stereocenters. The van der Waals surface area contributed by atoms with Crippen molar-refractivity contribution in [1.29, 1.82) is 0 Å². The average molecular weight is 306 g/mol. The Hall–Kier alpha value is -0.900. The normalized spacial score (nSPS) is 47.6. The first-order valence-corrected chi connectivity index (χ1v) is 8.64. The maximum atomic E-state index is 12.3. The van der Waals surface area contributed by atoms with E-state index in [1.165, 1.54) is 6.42 Å². The Bertz CT molecular complexity index is 525. The molecule has 0 heterocycles. The monoisotopic (exact) mass is 306 g/mol. The van der Waals surface area contributed by atoms with Crippen molar-refractivity contribution >= 4 is 11.8 Å². The smallest absolute Gasteiger partial charge is 0.314 e.